The Labute approximate surface area is 172 Å². The monoisotopic (exact) mass is 459 g/mol. The van der Waals surface area contributed by atoms with Crippen molar-refractivity contribution in [1.29, 1.82) is 0 Å². The van der Waals surface area contributed by atoms with Crippen molar-refractivity contribution in [3.63, 3.8) is 0 Å². The molecule has 0 aliphatic carbocycles. The van der Waals surface area contributed by atoms with Crippen LogP contribution in [0.1, 0.15) is 27.2 Å². The molecule has 9 heteroatoms. The maximum Gasteiger partial charge on any atom is 0.325 e. The molecule has 0 spiro atoms. The van der Waals surface area contributed by atoms with Gasteiger partial charge in [0.05, 0.1) is 0 Å². The molecule has 1 aromatic rings. The van der Waals surface area contributed by atoms with Crippen LogP contribution in [-0.4, -0.2) is 48.1 Å². The maximum atomic E-state index is 12.4. The molecule has 1 aromatic carbocycles. The van der Waals surface area contributed by atoms with Crippen LogP contribution in [0.15, 0.2) is 28.7 Å². The normalized spacial score (nSPS) is 12.0. The third-order valence-corrected chi connectivity index (χ3v) is 4.33. The minimum Gasteiger partial charge on any atom is -0.459 e. The zero-order valence-corrected chi connectivity index (χ0v) is 18.3. The highest BCUT2D eigenvalue weighted by Gasteiger charge is 2.22. The zero-order chi connectivity index (χ0) is 20.4. The van der Waals surface area contributed by atoms with E-state index < -0.39 is 29.6 Å². The minimum absolute atomic E-state index is 0.248. The molecule has 0 bridgehead atoms. The Hall–Kier alpha value is -1.74. The Morgan fingerprint density at radius 1 is 1.19 bits per heavy atom. The summed E-state index contributed by atoms with van der Waals surface area (Å²) >= 11 is 4.89. The number of hydrogen-bond donors (Lipinski definition) is 3. The van der Waals surface area contributed by atoms with Gasteiger partial charge >= 0.3 is 12.0 Å². The number of amides is 3. The largest absolute Gasteiger partial charge is 0.459 e. The molecule has 0 aliphatic heterocycles. The van der Waals surface area contributed by atoms with E-state index >= 15 is 0 Å². The summed E-state index contributed by atoms with van der Waals surface area (Å²) in [5, 5.41) is 7.84. The van der Waals surface area contributed by atoms with Gasteiger partial charge in [-0.2, -0.15) is 11.8 Å². The van der Waals surface area contributed by atoms with Crippen molar-refractivity contribution in [2.75, 3.05) is 23.9 Å². The van der Waals surface area contributed by atoms with E-state index in [1.54, 1.807) is 56.8 Å². The van der Waals surface area contributed by atoms with Crippen molar-refractivity contribution in [1.82, 2.24) is 10.6 Å². The average Bonchev–Trinajstić information content (AvgIpc) is 2.57. The summed E-state index contributed by atoms with van der Waals surface area (Å²) in [6.07, 6.45) is 2.35. The Morgan fingerprint density at radius 3 is 2.37 bits per heavy atom. The number of benzene rings is 1. The fraction of sp³-hybridized carbons (Fsp3) is 0.500. The molecule has 1 rings (SSSR count). The Morgan fingerprint density at radius 2 is 1.81 bits per heavy atom. The van der Waals surface area contributed by atoms with Crippen LogP contribution >= 0.6 is 27.7 Å². The molecule has 1 atom stereocenters. The third kappa shape index (κ3) is 10.2. The van der Waals surface area contributed by atoms with E-state index in [1.807, 2.05) is 6.26 Å². The number of carbonyl (C=O) groups is 3. The number of hydrogen-bond acceptors (Lipinski definition) is 5. The second-order valence-corrected chi connectivity index (χ2v) is 8.64. The van der Waals surface area contributed by atoms with Crippen molar-refractivity contribution in [3.05, 3.63) is 28.7 Å². The van der Waals surface area contributed by atoms with Gasteiger partial charge in [-0.3, -0.25) is 9.59 Å². The first kappa shape index (κ1) is 23.3. The van der Waals surface area contributed by atoms with Gasteiger partial charge in [0.25, 0.3) is 0 Å². The molecule has 7 nitrogen and oxygen atoms in total. The van der Waals surface area contributed by atoms with E-state index in [9.17, 15) is 14.4 Å². The lowest BCUT2D eigenvalue weighted by Crippen LogP contribution is -2.49. The standard InChI is InChI=1S/C18H26BrN3O4S/c1-18(2,3)26-15(23)11-20-16(24)14(9-10-27-4)22-17(25)21-13-7-5-12(19)6-8-13/h5-8,14H,9-11H2,1-4H3,(H,20,24)(H2,21,22,25). The van der Waals surface area contributed by atoms with E-state index in [0.717, 1.165) is 4.47 Å². The molecular formula is C18H26BrN3O4S. The number of carbonyl (C=O) groups excluding carboxylic acids is 3. The van der Waals surface area contributed by atoms with Gasteiger partial charge in [0, 0.05) is 10.2 Å². The molecule has 0 saturated carbocycles. The van der Waals surface area contributed by atoms with Crippen LogP contribution in [0.4, 0.5) is 10.5 Å². The number of ether oxygens (including phenoxy) is 1. The van der Waals surface area contributed by atoms with E-state index in [1.165, 1.54) is 0 Å². The summed E-state index contributed by atoms with van der Waals surface area (Å²) in [6.45, 7) is 5.01. The topological polar surface area (TPSA) is 96.5 Å². The summed E-state index contributed by atoms with van der Waals surface area (Å²) in [5.74, 6) is -0.275. The first-order chi connectivity index (χ1) is 12.6. The summed E-state index contributed by atoms with van der Waals surface area (Å²) in [4.78, 5) is 36.3. The highest BCUT2D eigenvalue weighted by molar-refractivity contribution is 9.10. The number of anilines is 1. The first-order valence-electron chi connectivity index (χ1n) is 8.42. The van der Waals surface area contributed by atoms with Gasteiger partial charge in [-0.05, 0) is 63.5 Å². The number of halogens is 1. The third-order valence-electron chi connectivity index (χ3n) is 3.16. The number of esters is 1. The lowest BCUT2D eigenvalue weighted by Gasteiger charge is -2.21. The van der Waals surface area contributed by atoms with Crippen molar-refractivity contribution in [2.45, 2.75) is 38.8 Å². The summed E-state index contributed by atoms with van der Waals surface area (Å²) in [7, 11) is 0. The maximum absolute atomic E-state index is 12.4. The molecule has 3 amide bonds. The summed E-state index contributed by atoms with van der Waals surface area (Å²) < 4.78 is 6.05. The lowest BCUT2D eigenvalue weighted by molar-refractivity contribution is -0.154. The van der Waals surface area contributed by atoms with Crippen molar-refractivity contribution in [2.24, 2.45) is 0 Å². The quantitative estimate of drug-likeness (QED) is 0.518. The second kappa shape index (κ2) is 11.2. The highest BCUT2D eigenvalue weighted by Crippen LogP contribution is 2.14. The van der Waals surface area contributed by atoms with Crippen LogP contribution in [0.25, 0.3) is 0 Å². The summed E-state index contributed by atoms with van der Waals surface area (Å²) in [6, 6.07) is 5.83. The van der Waals surface area contributed by atoms with Crippen LogP contribution in [0, 0.1) is 0 Å². The van der Waals surface area contributed by atoms with Gasteiger partial charge < -0.3 is 20.7 Å². The van der Waals surface area contributed by atoms with E-state index in [-0.39, 0.29) is 6.54 Å². The molecule has 3 N–H and O–H groups in total. The van der Waals surface area contributed by atoms with Crippen molar-refractivity contribution < 1.29 is 19.1 Å². The molecule has 0 heterocycles. The van der Waals surface area contributed by atoms with Crippen LogP contribution in [-0.2, 0) is 14.3 Å². The summed E-state index contributed by atoms with van der Waals surface area (Å²) in [5.41, 5.74) is -0.0171. The molecule has 1 unspecified atom stereocenters. The van der Waals surface area contributed by atoms with Crippen molar-refractivity contribution in [3.8, 4) is 0 Å². The van der Waals surface area contributed by atoms with Gasteiger partial charge in [-0.1, -0.05) is 15.9 Å². The van der Waals surface area contributed by atoms with E-state index in [0.29, 0.717) is 17.9 Å². The minimum atomic E-state index is -0.754. The molecular weight excluding hydrogens is 434 g/mol. The van der Waals surface area contributed by atoms with Gasteiger partial charge in [0.1, 0.15) is 18.2 Å². The highest BCUT2D eigenvalue weighted by atomic mass is 79.9. The van der Waals surface area contributed by atoms with Crippen molar-refractivity contribution >= 4 is 51.3 Å². The predicted molar refractivity (Wildman–Crippen MR) is 112 cm³/mol. The van der Waals surface area contributed by atoms with Gasteiger partial charge in [-0.15, -0.1) is 0 Å². The predicted octanol–water partition coefficient (Wildman–Crippen LogP) is 3.15. The Balaban J connectivity index is 2.59. The molecule has 0 saturated heterocycles. The smallest absolute Gasteiger partial charge is 0.325 e. The average molecular weight is 460 g/mol. The lowest BCUT2D eigenvalue weighted by atomic mass is 10.2. The van der Waals surface area contributed by atoms with Crippen LogP contribution in [0.2, 0.25) is 0 Å². The van der Waals surface area contributed by atoms with Gasteiger partial charge in [-0.25, -0.2) is 4.79 Å². The SMILES string of the molecule is CSCCC(NC(=O)Nc1ccc(Br)cc1)C(=O)NCC(=O)OC(C)(C)C. The van der Waals surface area contributed by atoms with Crippen LogP contribution < -0.4 is 16.0 Å². The molecule has 0 aromatic heterocycles. The van der Waals surface area contributed by atoms with Gasteiger partial charge in [0.2, 0.25) is 5.91 Å². The fourth-order valence-electron chi connectivity index (χ4n) is 2.02. The van der Waals surface area contributed by atoms with E-state index in [2.05, 4.69) is 31.9 Å². The molecule has 27 heavy (non-hydrogen) atoms. The first-order valence-corrected chi connectivity index (χ1v) is 10.6. The number of rotatable bonds is 8. The second-order valence-electron chi connectivity index (χ2n) is 6.74. The number of nitrogens with one attached hydrogen (secondary N) is 3. The molecule has 0 aliphatic rings. The molecule has 0 fully saturated rings. The van der Waals surface area contributed by atoms with E-state index in [4.69, 9.17) is 4.74 Å². The number of thioether (sulfide) groups is 1. The Kier molecular flexibility index (Phi) is 9.65. The molecule has 0 radical (unpaired) electrons. The fourth-order valence-corrected chi connectivity index (χ4v) is 2.76. The van der Waals surface area contributed by atoms with Crippen LogP contribution in [0.3, 0.4) is 0 Å². The molecule has 150 valence electrons. The Bertz CT molecular complexity index is 647. The zero-order valence-electron chi connectivity index (χ0n) is 15.9. The van der Waals surface area contributed by atoms with Gasteiger partial charge in [0.15, 0.2) is 0 Å². The number of urea groups is 1. The van der Waals surface area contributed by atoms with Crippen LogP contribution in [0.5, 0.6) is 0 Å².